The van der Waals surface area contributed by atoms with Gasteiger partial charge in [0.15, 0.2) is 5.82 Å². The number of amides is 1. The molecule has 0 saturated carbocycles. The number of hydrogen-bond donors (Lipinski definition) is 2. The summed E-state index contributed by atoms with van der Waals surface area (Å²) < 4.78 is 19.6. The number of halogens is 1. The van der Waals surface area contributed by atoms with Crippen LogP contribution in [0.5, 0.6) is 0 Å². The van der Waals surface area contributed by atoms with Crippen molar-refractivity contribution < 1.29 is 19.0 Å². The molecule has 9 nitrogen and oxygen atoms in total. The molecule has 1 aromatic heterocycles. The summed E-state index contributed by atoms with van der Waals surface area (Å²) in [6.45, 7) is 1.43. The van der Waals surface area contributed by atoms with Crippen molar-refractivity contribution >= 4 is 23.4 Å². The minimum Gasteiger partial charge on any atom is -0.444 e. The fourth-order valence-electron chi connectivity index (χ4n) is 2.28. The molecule has 2 rings (SSSR count). The molecule has 0 aliphatic rings. The zero-order valence-electron chi connectivity index (χ0n) is 16.4. The Kier molecular flexibility index (Phi) is 7.72. The van der Waals surface area contributed by atoms with Crippen molar-refractivity contribution in [3.63, 3.8) is 0 Å². The molecule has 1 atom stereocenters. The monoisotopic (exact) mass is 402 g/mol. The number of carbonyl (C=O) groups excluding carboxylic acids is 1. The Morgan fingerprint density at radius 3 is 2.72 bits per heavy atom. The van der Waals surface area contributed by atoms with Crippen LogP contribution in [-0.4, -0.2) is 55.4 Å². The Bertz CT molecular complexity index is 901. The molecule has 29 heavy (non-hydrogen) atoms. The summed E-state index contributed by atoms with van der Waals surface area (Å²) in [4.78, 5) is 21.4. The van der Waals surface area contributed by atoms with Gasteiger partial charge in [-0.3, -0.25) is 4.90 Å². The fraction of sp³-hybridized carbons (Fsp3) is 0.316. The van der Waals surface area contributed by atoms with Crippen LogP contribution in [0.2, 0.25) is 0 Å². The number of rotatable bonds is 7. The Morgan fingerprint density at radius 1 is 1.38 bits per heavy atom. The molecule has 0 aliphatic carbocycles. The van der Waals surface area contributed by atoms with E-state index in [0.717, 1.165) is 4.90 Å². The van der Waals surface area contributed by atoms with Crippen molar-refractivity contribution in [3.8, 4) is 11.1 Å². The summed E-state index contributed by atoms with van der Waals surface area (Å²) in [6.07, 6.45) is 0.134. The molecule has 3 N–H and O–H groups in total. The molecule has 0 fully saturated rings. The van der Waals surface area contributed by atoms with Gasteiger partial charge in [0, 0.05) is 37.1 Å². The predicted octanol–water partition coefficient (Wildman–Crippen LogP) is 2.91. The highest BCUT2D eigenvalue weighted by molar-refractivity contribution is 5.87. The van der Waals surface area contributed by atoms with E-state index in [1.807, 2.05) is 0 Å². The third kappa shape index (κ3) is 6.04. The minimum absolute atomic E-state index is 0.170. The van der Waals surface area contributed by atoms with Gasteiger partial charge in [0.2, 0.25) is 0 Å². The van der Waals surface area contributed by atoms with Crippen molar-refractivity contribution in [3.05, 3.63) is 42.3 Å². The molecule has 1 heterocycles. The first-order valence-electron chi connectivity index (χ1n) is 8.75. The number of amidine groups is 1. The van der Waals surface area contributed by atoms with Crippen LogP contribution < -0.4 is 10.6 Å². The van der Waals surface area contributed by atoms with Gasteiger partial charge in [0.25, 0.3) is 0 Å². The molecule has 2 aromatic rings. The highest BCUT2D eigenvalue weighted by Crippen LogP contribution is 2.27. The first kappa shape index (κ1) is 21.9. The summed E-state index contributed by atoms with van der Waals surface area (Å²) in [5.74, 6) is 0.102. The van der Waals surface area contributed by atoms with E-state index in [0.29, 0.717) is 22.6 Å². The van der Waals surface area contributed by atoms with Crippen molar-refractivity contribution in [1.29, 1.82) is 0 Å². The van der Waals surface area contributed by atoms with Gasteiger partial charge in [-0.1, -0.05) is 0 Å². The number of ether oxygens (including phenoxy) is 1. The summed E-state index contributed by atoms with van der Waals surface area (Å²) in [6, 6.07) is 7.63. The second kappa shape index (κ2) is 10.2. The number of benzene rings is 1. The van der Waals surface area contributed by atoms with E-state index in [-0.39, 0.29) is 19.0 Å². The number of aromatic nitrogens is 1. The number of aliphatic imine (C=N–C) groups is 1. The third-order valence-corrected chi connectivity index (χ3v) is 3.86. The van der Waals surface area contributed by atoms with Crippen LogP contribution in [0, 0.1) is 5.82 Å². The largest absolute Gasteiger partial charge is 0.444 e. The van der Waals surface area contributed by atoms with E-state index in [4.69, 9.17) is 15.6 Å². The van der Waals surface area contributed by atoms with E-state index in [2.05, 4.69) is 20.2 Å². The molecule has 1 amide bonds. The zero-order chi connectivity index (χ0) is 21.4. The molecular formula is C19H23FN6O3. The fourth-order valence-corrected chi connectivity index (χ4v) is 2.28. The SMILES string of the molecule is CN=NCC(N)=Nc1ccc(-c2ccc(N(C)C(=O)OC(C)CO)cc2F)cn1. The highest BCUT2D eigenvalue weighted by atomic mass is 19.1. The number of nitrogens with two attached hydrogens (primary N) is 1. The lowest BCUT2D eigenvalue weighted by Crippen LogP contribution is -2.31. The highest BCUT2D eigenvalue weighted by Gasteiger charge is 2.17. The summed E-state index contributed by atoms with van der Waals surface area (Å²) in [7, 11) is 2.99. The molecule has 0 radical (unpaired) electrons. The second-order valence-corrected chi connectivity index (χ2v) is 6.11. The van der Waals surface area contributed by atoms with E-state index in [1.165, 1.54) is 26.4 Å². The lowest BCUT2D eigenvalue weighted by molar-refractivity contribution is 0.0736. The molecule has 154 valence electrons. The molecular weight excluding hydrogens is 379 g/mol. The first-order valence-corrected chi connectivity index (χ1v) is 8.75. The van der Waals surface area contributed by atoms with Gasteiger partial charge in [-0.05, 0) is 37.3 Å². The standard InChI is InChI=1S/C19H23FN6O3/c1-12(11-27)29-19(28)26(3)14-5-6-15(16(20)8-14)13-4-7-18(23-9-13)25-17(21)10-24-22-2/h4-9,12,27H,10-11H2,1-3H3,(H2,21,23,25). The number of pyridine rings is 1. The predicted molar refractivity (Wildman–Crippen MR) is 108 cm³/mol. The van der Waals surface area contributed by atoms with E-state index in [9.17, 15) is 9.18 Å². The molecule has 0 bridgehead atoms. The van der Waals surface area contributed by atoms with Crippen molar-refractivity contribution in [1.82, 2.24) is 4.98 Å². The lowest BCUT2D eigenvalue weighted by Gasteiger charge is -2.20. The average Bonchev–Trinajstić information content (AvgIpc) is 2.72. The Hall–Kier alpha value is -3.40. The van der Waals surface area contributed by atoms with Crippen LogP contribution >= 0.6 is 0 Å². The van der Waals surface area contributed by atoms with Crippen LogP contribution in [0.15, 0.2) is 51.7 Å². The summed E-state index contributed by atoms with van der Waals surface area (Å²) in [5.41, 5.74) is 6.88. The maximum atomic E-state index is 14.6. The van der Waals surface area contributed by atoms with Crippen LogP contribution in [0.3, 0.4) is 0 Å². The normalized spacial score (nSPS) is 12.8. The number of aliphatic hydroxyl groups is 1. The lowest BCUT2D eigenvalue weighted by atomic mass is 10.1. The summed E-state index contributed by atoms with van der Waals surface area (Å²) >= 11 is 0. The smallest absolute Gasteiger partial charge is 0.414 e. The van der Waals surface area contributed by atoms with E-state index < -0.39 is 18.0 Å². The maximum absolute atomic E-state index is 14.6. The number of nitrogens with zero attached hydrogens (tertiary/aromatic N) is 5. The van der Waals surface area contributed by atoms with E-state index in [1.54, 1.807) is 31.2 Å². The number of anilines is 1. The van der Waals surface area contributed by atoms with Crippen LogP contribution in [-0.2, 0) is 4.74 Å². The van der Waals surface area contributed by atoms with Gasteiger partial charge in [0.1, 0.15) is 24.3 Å². The number of carbonyl (C=O) groups is 1. The van der Waals surface area contributed by atoms with Gasteiger partial charge in [-0.2, -0.15) is 10.2 Å². The van der Waals surface area contributed by atoms with Crippen LogP contribution in [0.4, 0.5) is 20.7 Å². The number of hydrogen-bond acceptors (Lipinski definition) is 7. The Balaban J connectivity index is 2.17. The minimum atomic E-state index is -0.692. The van der Waals surface area contributed by atoms with Crippen LogP contribution in [0.25, 0.3) is 11.1 Å². The van der Waals surface area contributed by atoms with Gasteiger partial charge >= 0.3 is 6.09 Å². The Morgan fingerprint density at radius 2 is 2.14 bits per heavy atom. The van der Waals surface area contributed by atoms with Crippen molar-refractivity contribution in [2.75, 3.05) is 32.1 Å². The van der Waals surface area contributed by atoms with Crippen molar-refractivity contribution in [2.45, 2.75) is 13.0 Å². The number of aliphatic hydroxyl groups excluding tert-OH is 1. The zero-order valence-corrected chi connectivity index (χ0v) is 16.4. The molecule has 1 unspecified atom stereocenters. The molecule has 0 aliphatic heterocycles. The summed E-state index contributed by atoms with van der Waals surface area (Å²) in [5, 5.41) is 16.3. The molecule has 1 aromatic carbocycles. The second-order valence-electron chi connectivity index (χ2n) is 6.11. The van der Waals surface area contributed by atoms with Gasteiger partial charge in [0.05, 0.1) is 6.61 Å². The Labute approximate surface area is 167 Å². The number of azo groups is 1. The average molecular weight is 402 g/mol. The molecule has 0 saturated heterocycles. The maximum Gasteiger partial charge on any atom is 0.414 e. The molecule has 0 spiro atoms. The quantitative estimate of drug-likeness (QED) is 0.418. The topological polar surface area (TPSA) is 126 Å². The van der Waals surface area contributed by atoms with Crippen molar-refractivity contribution in [2.24, 2.45) is 21.0 Å². The first-order chi connectivity index (χ1) is 13.8. The van der Waals surface area contributed by atoms with Gasteiger partial charge in [-0.25, -0.2) is 19.2 Å². The van der Waals surface area contributed by atoms with Crippen LogP contribution in [0.1, 0.15) is 6.92 Å². The molecule has 10 heteroatoms. The van der Waals surface area contributed by atoms with Gasteiger partial charge in [-0.15, -0.1) is 0 Å². The van der Waals surface area contributed by atoms with E-state index >= 15 is 0 Å². The van der Waals surface area contributed by atoms with Gasteiger partial charge < -0.3 is 15.6 Å². The third-order valence-electron chi connectivity index (χ3n) is 3.86.